The largest absolute Gasteiger partial charge is 0.483 e. The molecule has 1 aliphatic carbocycles. The van der Waals surface area contributed by atoms with Gasteiger partial charge in [0.25, 0.3) is 5.91 Å². The van der Waals surface area contributed by atoms with E-state index in [0.717, 1.165) is 54.2 Å². The fourth-order valence-corrected chi connectivity index (χ4v) is 4.71. The van der Waals surface area contributed by atoms with Gasteiger partial charge in [0, 0.05) is 42.0 Å². The van der Waals surface area contributed by atoms with E-state index in [1.54, 1.807) is 12.5 Å². The highest BCUT2D eigenvalue weighted by Gasteiger charge is 2.27. The van der Waals surface area contributed by atoms with Crippen LogP contribution in [0.15, 0.2) is 40.1 Å². The molecular formula is C23H25N3O4. The topological polar surface area (TPSA) is 77.6 Å². The van der Waals surface area contributed by atoms with Crippen LogP contribution in [-0.2, 0) is 17.6 Å². The Morgan fingerprint density at radius 3 is 2.90 bits per heavy atom. The zero-order valence-electron chi connectivity index (χ0n) is 17.1. The second-order valence-electron chi connectivity index (χ2n) is 8.20. The van der Waals surface area contributed by atoms with Crippen molar-refractivity contribution in [3.05, 3.63) is 58.0 Å². The molecule has 30 heavy (non-hydrogen) atoms. The summed E-state index contributed by atoms with van der Waals surface area (Å²) in [6.07, 6.45) is 10.2. The van der Waals surface area contributed by atoms with Gasteiger partial charge >= 0.3 is 5.63 Å². The molecule has 1 saturated heterocycles. The lowest BCUT2D eigenvalue weighted by Crippen LogP contribution is -2.33. The number of hydrogen-bond donors (Lipinski definition) is 0. The Hall–Kier alpha value is -3.09. The molecule has 0 N–H and O–H groups in total. The number of fused-ring (bicyclic) bond motifs is 3. The highest BCUT2D eigenvalue weighted by Crippen LogP contribution is 2.32. The van der Waals surface area contributed by atoms with Crippen molar-refractivity contribution in [3.8, 4) is 5.75 Å². The van der Waals surface area contributed by atoms with E-state index >= 15 is 0 Å². The maximum absolute atomic E-state index is 12.7. The predicted octanol–water partition coefficient (Wildman–Crippen LogP) is 3.03. The highest BCUT2D eigenvalue weighted by atomic mass is 16.5. The molecule has 3 heterocycles. The number of rotatable bonds is 4. The van der Waals surface area contributed by atoms with Gasteiger partial charge in [-0.2, -0.15) is 0 Å². The minimum Gasteiger partial charge on any atom is -0.483 e. The van der Waals surface area contributed by atoms with Gasteiger partial charge in [0.1, 0.15) is 11.3 Å². The van der Waals surface area contributed by atoms with Crippen molar-refractivity contribution in [2.24, 2.45) is 0 Å². The third kappa shape index (κ3) is 3.28. The molecule has 3 aromatic rings. The number of likely N-dealkylation sites (tertiary alicyclic amines) is 1. The monoisotopic (exact) mass is 407 g/mol. The van der Waals surface area contributed by atoms with E-state index in [9.17, 15) is 9.59 Å². The van der Waals surface area contributed by atoms with Crippen molar-refractivity contribution >= 4 is 16.9 Å². The van der Waals surface area contributed by atoms with E-state index in [-0.39, 0.29) is 24.2 Å². The summed E-state index contributed by atoms with van der Waals surface area (Å²) in [7, 11) is 0. The van der Waals surface area contributed by atoms with Crippen LogP contribution in [0.4, 0.5) is 0 Å². The van der Waals surface area contributed by atoms with E-state index in [4.69, 9.17) is 9.15 Å². The summed E-state index contributed by atoms with van der Waals surface area (Å²) in [5.41, 5.74) is 3.03. The van der Waals surface area contributed by atoms with Gasteiger partial charge in [-0.15, -0.1) is 0 Å². The van der Waals surface area contributed by atoms with Crippen LogP contribution in [0.2, 0.25) is 0 Å². The van der Waals surface area contributed by atoms with Gasteiger partial charge in [0.05, 0.1) is 12.4 Å². The Bertz CT molecular complexity index is 1150. The van der Waals surface area contributed by atoms with Gasteiger partial charge in [-0.3, -0.25) is 4.79 Å². The molecular weight excluding hydrogens is 382 g/mol. The van der Waals surface area contributed by atoms with Gasteiger partial charge < -0.3 is 18.6 Å². The van der Waals surface area contributed by atoms with Crippen molar-refractivity contribution in [3.63, 3.8) is 0 Å². The molecule has 0 bridgehead atoms. The Morgan fingerprint density at radius 1 is 1.27 bits per heavy atom. The first-order valence-electron chi connectivity index (χ1n) is 10.6. The fraction of sp³-hybridized carbons (Fsp3) is 0.435. The molecule has 1 aliphatic heterocycles. The maximum atomic E-state index is 12.7. The average molecular weight is 407 g/mol. The molecule has 2 aliphatic rings. The quantitative estimate of drug-likeness (QED) is 0.622. The van der Waals surface area contributed by atoms with Crippen LogP contribution in [0, 0.1) is 6.92 Å². The van der Waals surface area contributed by atoms with Crippen LogP contribution in [0.5, 0.6) is 5.75 Å². The Kier molecular flexibility index (Phi) is 4.81. The van der Waals surface area contributed by atoms with Crippen LogP contribution in [0.25, 0.3) is 11.0 Å². The summed E-state index contributed by atoms with van der Waals surface area (Å²) in [5.74, 6) is 0.545. The zero-order chi connectivity index (χ0) is 20.7. The summed E-state index contributed by atoms with van der Waals surface area (Å²) in [6, 6.07) is 4.11. The first-order valence-corrected chi connectivity index (χ1v) is 10.6. The molecule has 2 aromatic heterocycles. The van der Waals surface area contributed by atoms with Crippen molar-refractivity contribution in [2.45, 2.75) is 45.1 Å². The average Bonchev–Trinajstić information content (AvgIpc) is 3.46. The smallest absolute Gasteiger partial charge is 0.339 e. The van der Waals surface area contributed by atoms with E-state index in [2.05, 4.69) is 4.98 Å². The summed E-state index contributed by atoms with van der Waals surface area (Å²) >= 11 is 0. The molecule has 5 rings (SSSR count). The SMILES string of the molecule is Cc1c(OCC(=O)N2CCC(n3ccnc3)C2)ccc2c3c(c(=O)oc12)CCCC3. The number of carbonyl (C=O) groups excluding carboxylic acids is 1. The Balaban J connectivity index is 1.32. The molecule has 156 valence electrons. The second-order valence-corrected chi connectivity index (χ2v) is 8.20. The molecule has 1 unspecified atom stereocenters. The number of aryl methyl sites for hydroxylation is 2. The molecule has 0 radical (unpaired) electrons. The van der Waals surface area contributed by atoms with Crippen molar-refractivity contribution < 1.29 is 13.9 Å². The minimum absolute atomic E-state index is 0.0296. The van der Waals surface area contributed by atoms with E-state index in [1.807, 2.05) is 34.7 Å². The van der Waals surface area contributed by atoms with Gasteiger partial charge in [0.15, 0.2) is 6.61 Å². The van der Waals surface area contributed by atoms with Crippen LogP contribution in [-0.4, -0.2) is 40.1 Å². The molecule has 7 heteroatoms. The Labute approximate surface area is 174 Å². The summed E-state index contributed by atoms with van der Waals surface area (Å²) in [5, 5.41) is 0.989. The summed E-state index contributed by atoms with van der Waals surface area (Å²) in [4.78, 5) is 31.0. The molecule has 0 saturated carbocycles. The molecule has 7 nitrogen and oxygen atoms in total. The molecule has 0 spiro atoms. The van der Waals surface area contributed by atoms with Crippen LogP contribution < -0.4 is 10.4 Å². The lowest BCUT2D eigenvalue weighted by molar-refractivity contribution is -0.132. The lowest BCUT2D eigenvalue weighted by atomic mass is 9.90. The number of benzene rings is 1. The first-order chi connectivity index (χ1) is 14.6. The third-order valence-electron chi connectivity index (χ3n) is 6.40. The normalized spacial score (nSPS) is 18.6. The number of amides is 1. The number of imidazole rings is 1. The van der Waals surface area contributed by atoms with Gasteiger partial charge in [0.2, 0.25) is 0 Å². The highest BCUT2D eigenvalue weighted by molar-refractivity contribution is 5.86. The van der Waals surface area contributed by atoms with Crippen molar-refractivity contribution in [1.29, 1.82) is 0 Å². The molecule has 1 aromatic carbocycles. The third-order valence-corrected chi connectivity index (χ3v) is 6.40. The van der Waals surface area contributed by atoms with E-state index in [0.29, 0.717) is 24.4 Å². The van der Waals surface area contributed by atoms with Gasteiger partial charge in [-0.1, -0.05) is 0 Å². The predicted molar refractivity (Wildman–Crippen MR) is 112 cm³/mol. The lowest BCUT2D eigenvalue weighted by Gasteiger charge is -2.19. The molecule has 1 atom stereocenters. The van der Waals surface area contributed by atoms with Crippen molar-refractivity contribution in [1.82, 2.24) is 14.5 Å². The standard InChI is InChI=1S/C23H25N3O4/c1-15-20(7-6-18-17-4-2-3-5-19(17)23(28)30-22(15)18)29-13-21(27)25-10-8-16(12-25)26-11-9-24-14-26/h6-7,9,11,14,16H,2-5,8,10,12-13H2,1H3. The minimum atomic E-state index is -0.240. The summed E-state index contributed by atoms with van der Waals surface area (Å²) in [6.45, 7) is 3.22. The van der Waals surface area contributed by atoms with Crippen LogP contribution in [0.3, 0.4) is 0 Å². The van der Waals surface area contributed by atoms with Gasteiger partial charge in [-0.05, 0) is 56.7 Å². The van der Waals surface area contributed by atoms with Crippen LogP contribution in [0.1, 0.15) is 42.0 Å². The molecule has 1 fully saturated rings. The Morgan fingerprint density at radius 2 is 2.10 bits per heavy atom. The molecule has 1 amide bonds. The number of aromatic nitrogens is 2. The number of carbonyl (C=O) groups is 1. The van der Waals surface area contributed by atoms with E-state index in [1.165, 1.54) is 0 Å². The zero-order valence-corrected chi connectivity index (χ0v) is 17.1. The van der Waals surface area contributed by atoms with Crippen molar-refractivity contribution in [2.75, 3.05) is 19.7 Å². The number of ether oxygens (including phenoxy) is 1. The summed E-state index contributed by atoms with van der Waals surface area (Å²) < 4.78 is 13.6. The van der Waals surface area contributed by atoms with Gasteiger partial charge in [-0.25, -0.2) is 9.78 Å². The second kappa shape index (κ2) is 7.63. The van der Waals surface area contributed by atoms with E-state index < -0.39 is 0 Å². The maximum Gasteiger partial charge on any atom is 0.339 e. The fourth-order valence-electron chi connectivity index (χ4n) is 4.71. The number of hydrogen-bond acceptors (Lipinski definition) is 5. The first kappa shape index (κ1) is 18.9. The van der Waals surface area contributed by atoms with Crippen LogP contribution >= 0.6 is 0 Å². The number of nitrogens with zero attached hydrogens (tertiary/aromatic N) is 3.